The Labute approximate surface area is 102 Å². The highest BCUT2D eigenvalue weighted by molar-refractivity contribution is 5.93. The van der Waals surface area contributed by atoms with Crippen LogP contribution >= 0.6 is 0 Å². The van der Waals surface area contributed by atoms with Gasteiger partial charge < -0.3 is 10.0 Å². The van der Waals surface area contributed by atoms with Crippen molar-refractivity contribution >= 4 is 5.91 Å². The summed E-state index contributed by atoms with van der Waals surface area (Å²) >= 11 is 0. The summed E-state index contributed by atoms with van der Waals surface area (Å²) in [5.41, 5.74) is 0.416. The van der Waals surface area contributed by atoms with Crippen molar-refractivity contribution in [3.63, 3.8) is 0 Å². The minimum absolute atomic E-state index is 0.132. The highest BCUT2D eigenvalue weighted by Gasteiger charge is 2.23. The molecule has 0 aliphatic carbocycles. The Morgan fingerprint density at radius 2 is 2.18 bits per heavy atom. The average Bonchev–Trinajstić information content (AvgIpc) is 2.24. The lowest BCUT2D eigenvalue weighted by Crippen LogP contribution is -2.42. The molecule has 4 nitrogen and oxygen atoms in total. The first-order valence-electron chi connectivity index (χ1n) is 5.78. The summed E-state index contributed by atoms with van der Waals surface area (Å²) in [5.74, 6) is -0.132. The second kappa shape index (κ2) is 5.27. The molecule has 0 atom stereocenters. The zero-order chi connectivity index (χ0) is 13.1. The zero-order valence-electron chi connectivity index (χ0n) is 10.9. The predicted octanol–water partition coefficient (Wildman–Crippen LogP) is 1.62. The second-order valence-corrected chi connectivity index (χ2v) is 4.80. The predicted molar refractivity (Wildman–Crippen MR) is 66.8 cm³/mol. The molecular formula is C13H20N2O2. The van der Waals surface area contributed by atoms with Gasteiger partial charge in [0.25, 0.3) is 5.91 Å². The smallest absolute Gasteiger partial charge is 0.272 e. The van der Waals surface area contributed by atoms with Gasteiger partial charge in [0, 0.05) is 19.3 Å². The van der Waals surface area contributed by atoms with Gasteiger partial charge in [0.2, 0.25) is 0 Å². The van der Waals surface area contributed by atoms with Crippen molar-refractivity contribution in [2.75, 3.05) is 13.1 Å². The summed E-state index contributed by atoms with van der Waals surface area (Å²) in [6.07, 6.45) is 1.61. The second-order valence-electron chi connectivity index (χ2n) is 4.80. The summed E-state index contributed by atoms with van der Waals surface area (Å²) in [4.78, 5) is 17.9. The van der Waals surface area contributed by atoms with Gasteiger partial charge in [-0.1, -0.05) is 6.07 Å². The Morgan fingerprint density at radius 1 is 1.53 bits per heavy atom. The van der Waals surface area contributed by atoms with Crippen molar-refractivity contribution in [1.29, 1.82) is 0 Å². The highest BCUT2D eigenvalue weighted by Crippen LogP contribution is 2.11. The van der Waals surface area contributed by atoms with Crippen molar-refractivity contribution in [3.05, 3.63) is 29.6 Å². The fourth-order valence-corrected chi connectivity index (χ4v) is 1.65. The summed E-state index contributed by atoms with van der Waals surface area (Å²) in [7, 11) is 0. The molecule has 1 amide bonds. The molecule has 0 radical (unpaired) electrons. The van der Waals surface area contributed by atoms with Crippen LogP contribution in [0.1, 0.15) is 36.8 Å². The standard InChI is InChI=1S/C13H20N2O2/c1-5-15(9-13(3,4)17)12(16)11-10(2)7-6-8-14-11/h6-8,17H,5,9H2,1-4H3. The van der Waals surface area contributed by atoms with Crippen LogP contribution in [-0.4, -0.2) is 39.6 Å². The Morgan fingerprint density at radius 3 is 2.65 bits per heavy atom. The van der Waals surface area contributed by atoms with E-state index in [1.54, 1.807) is 31.0 Å². The quantitative estimate of drug-likeness (QED) is 0.864. The number of nitrogens with zero attached hydrogens (tertiary/aromatic N) is 2. The maximum Gasteiger partial charge on any atom is 0.272 e. The number of amides is 1. The normalized spacial score (nSPS) is 11.4. The number of hydrogen-bond donors (Lipinski definition) is 1. The van der Waals surface area contributed by atoms with Gasteiger partial charge in [-0.3, -0.25) is 9.78 Å². The number of aromatic nitrogens is 1. The van der Waals surface area contributed by atoms with Crippen LogP contribution in [0.25, 0.3) is 0 Å². The largest absolute Gasteiger partial charge is 0.389 e. The van der Waals surface area contributed by atoms with E-state index in [4.69, 9.17) is 0 Å². The molecule has 0 bridgehead atoms. The van der Waals surface area contributed by atoms with E-state index >= 15 is 0 Å². The van der Waals surface area contributed by atoms with E-state index in [9.17, 15) is 9.90 Å². The van der Waals surface area contributed by atoms with E-state index in [-0.39, 0.29) is 5.91 Å². The van der Waals surface area contributed by atoms with E-state index in [1.807, 2.05) is 19.9 Å². The first-order chi connectivity index (χ1) is 7.85. The molecule has 94 valence electrons. The lowest BCUT2D eigenvalue weighted by atomic mass is 10.1. The number of likely N-dealkylation sites (N-methyl/N-ethyl adjacent to an activating group) is 1. The average molecular weight is 236 g/mol. The van der Waals surface area contributed by atoms with E-state index in [0.29, 0.717) is 18.8 Å². The van der Waals surface area contributed by atoms with Gasteiger partial charge in [0.05, 0.1) is 5.60 Å². The molecule has 1 N–H and O–H groups in total. The number of aryl methyl sites for hydroxylation is 1. The molecule has 0 saturated carbocycles. The molecule has 17 heavy (non-hydrogen) atoms. The van der Waals surface area contributed by atoms with E-state index < -0.39 is 5.60 Å². The van der Waals surface area contributed by atoms with Crippen LogP contribution in [0, 0.1) is 6.92 Å². The van der Waals surface area contributed by atoms with Crippen molar-refractivity contribution < 1.29 is 9.90 Å². The van der Waals surface area contributed by atoms with Gasteiger partial charge in [-0.15, -0.1) is 0 Å². The van der Waals surface area contributed by atoms with Crippen molar-refractivity contribution in [2.24, 2.45) is 0 Å². The van der Waals surface area contributed by atoms with Gasteiger partial charge in [0.1, 0.15) is 5.69 Å². The maximum absolute atomic E-state index is 12.2. The Balaban J connectivity index is 2.91. The SMILES string of the molecule is CCN(CC(C)(C)O)C(=O)c1ncccc1C. The number of hydrogen-bond acceptors (Lipinski definition) is 3. The third-order valence-electron chi connectivity index (χ3n) is 2.46. The van der Waals surface area contributed by atoms with Crippen molar-refractivity contribution in [1.82, 2.24) is 9.88 Å². The number of carbonyl (C=O) groups is 1. The molecule has 0 saturated heterocycles. The van der Waals surface area contributed by atoms with Crippen LogP contribution < -0.4 is 0 Å². The van der Waals surface area contributed by atoms with Crippen LogP contribution in [0.2, 0.25) is 0 Å². The Kier molecular flexibility index (Phi) is 4.23. The molecule has 1 aromatic heterocycles. The topological polar surface area (TPSA) is 53.4 Å². The molecule has 1 aromatic rings. The molecule has 0 unspecified atom stereocenters. The van der Waals surface area contributed by atoms with Crippen LogP contribution in [0.3, 0.4) is 0 Å². The van der Waals surface area contributed by atoms with Crippen LogP contribution in [0.4, 0.5) is 0 Å². The molecule has 0 fully saturated rings. The maximum atomic E-state index is 12.2. The molecule has 0 aliphatic heterocycles. The van der Waals surface area contributed by atoms with Gasteiger partial charge in [0.15, 0.2) is 0 Å². The van der Waals surface area contributed by atoms with Crippen LogP contribution in [0.15, 0.2) is 18.3 Å². The van der Waals surface area contributed by atoms with Gasteiger partial charge in [-0.2, -0.15) is 0 Å². The fraction of sp³-hybridized carbons (Fsp3) is 0.538. The molecule has 0 spiro atoms. The van der Waals surface area contributed by atoms with Crippen LogP contribution in [0.5, 0.6) is 0 Å². The third kappa shape index (κ3) is 3.82. The Bertz CT molecular complexity index is 397. The summed E-state index contributed by atoms with van der Waals surface area (Å²) in [5, 5.41) is 9.77. The summed E-state index contributed by atoms with van der Waals surface area (Å²) in [6, 6.07) is 3.66. The Hall–Kier alpha value is -1.42. The third-order valence-corrected chi connectivity index (χ3v) is 2.46. The number of pyridine rings is 1. The van der Waals surface area contributed by atoms with Gasteiger partial charge in [-0.25, -0.2) is 0 Å². The molecule has 0 aromatic carbocycles. The fourth-order valence-electron chi connectivity index (χ4n) is 1.65. The molecule has 1 rings (SSSR count). The monoisotopic (exact) mass is 236 g/mol. The first kappa shape index (κ1) is 13.6. The highest BCUT2D eigenvalue weighted by atomic mass is 16.3. The molecule has 0 aliphatic rings. The molecule has 4 heteroatoms. The lowest BCUT2D eigenvalue weighted by molar-refractivity contribution is 0.0311. The number of rotatable bonds is 4. The minimum atomic E-state index is -0.894. The first-order valence-corrected chi connectivity index (χ1v) is 5.78. The lowest BCUT2D eigenvalue weighted by Gasteiger charge is -2.28. The van der Waals surface area contributed by atoms with E-state index in [1.165, 1.54) is 0 Å². The van der Waals surface area contributed by atoms with Crippen molar-refractivity contribution in [3.8, 4) is 0 Å². The molecule has 1 heterocycles. The number of aliphatic hydroxyl groups is 1. The molecular weight excluding hydrogens is 216 g/mol. The van der Waals surface area contributed by atoms with Crippen LogP contribution in [-0.2, 0) is 0 Å². The van der Waals surface area contributed by atoms with E-state index in [2.05, 4.69) is 4.98 Å². The number of carbonyl (C=O) groups excluding carboxylic acids is 1. The van der Waals surface area contributed by atoms with E-state index in [0.717, 1.165) is 5.56 Å². The summed E-state index contributed by atoms with van der Waals surface area (Å²) in [6.45, 7) is 7.99. The minimum Gasteiger partial charge on any atom is -0.389 e. The van der Waals surface area contributed by atoms with Gasteiger partial charge in [-0.05, 0) is 39.3 Å². The van der Waals surface area contributed by atoms with Gasteiger partial charge >= 0.3 is 0 Å². The summed E-state index contributed by atoms with van der Waals surface area (Å²) < 4.78 is 0. The zero-order valence-corrected chi connectivity index (χ0v) is 10.9. The van der Waals surface area contributed by atoms with Crippen molar-refractivity contribution in [2.45, 2.75) is 33.3 Å².